The predicted molar refractivity (Wildman–Crippen MR) is 69.1 cm³/mol. The summed E-state index contributed by atoms with van der Waals surface area (Å²) in [7, 11) is 2.30. The lowest BCUT2D eigenvalue weighted by molar-refractivity contribution is 0.178. The van der Waals surface area contributed by atoms with Gasteiger partial charge in [-0.2, -0.15) is 0 Å². The Morgan fingerprint density at radius 2 is 2.00 bits per heavy atom. The third-order valence-electron chi connectivity index (χ3n) is 2.66. The van der Waals surface area contributed by atoms with Crippen LogP contribution in [0.25, 0.3) is 0 Å². The van der Waals surface area contributed by atoms with E-state index in [1.165, 1.54) is 0 Å². The van der Waals surface area contributed by atoms with Gasteiger partial charge in [-0.3, -0.25) is 0 Å². The van der Waals surface area contributed by atoms with Crippen LogP contribution in [0, 0.1) is 0 Å². The molecule has 0 atom stereocenters. The summed E-state index contributed by atoms with van der Waals surface area (Å²) in [5.74, 6) is 0. The van der Waals surface area contributed by atoms with Crippen LogP contribution in [0.15, 0.2) is 24.3 Å². The van der Waals surface area contributed by atoms with Gasteiger partial charge in [0.2, 0.25) is 0 Å². The van der Waals surface area contributed by atoms with Crippen LogP contribution in [0.1, 0.15) is 12.0 Å². The van der Waals surface area contributed by atoms with E-state index in [0.717, 1.165) is 25.1 Å². The molecule has 0 radical (unpaired) electrons. The van der Waals surface area contributed by atoms with Gasteiger partial charge < -0.3 is 19.7 Å². The maximum absolute atomic E-state index is 9.25. The lowest BCUT2D eigenvalue weighted by atomic mass is 9.77. The first kappa shape index (κ1) is 14.2. The Kier molecular flexibility index (Phi) is 6.22. The van der Waals surface area contributed by atoms with Gasteiger partial charge in [-0.1, -0.05) is 24.3 Å². The Balaban J connectivity index is 2.55. The summed E-state index contributed by atoms with van der Waals surface area (Å²) in [5, 5.41) is 18.5. The molecule has 17 heavy (non-hydrogen) atoms. The Bertz CT molecular complexity index is 333. The van der Waals surface area contributed by atoms with Gasteiger partial charge in [-0.25, -0.2) is 0 Å². The fourth-order valence-electron chi connectivity index (χ4n) is 1.78. The fourth-order valence-corrected chi connectivity index (χ4v) is 1.78. The predicted octanol–water partition coefficient (Wildman–Crippen LogP) is -0.165. The molecule has 1 rings (SSSR count). The maximum Gasteiger partial charge on any atom is 0.488 e. The number of ether oxygens (including phenoxy) is 1. The molecule has 0 heterocycles. The summed E-state index contributed by atoms with van der Waals surface area (Å²) in [6, 6.07) is 7.37. The Hall–Kier alpha value is -0.875. The van der Waals surface area contributed by atoms with E-state index in [-0.39, 0.29) is 0 Å². The lowest BCUT2D eigenvalue weighted by Crippen LogP contribution is -2.35. The normalized spacial score (nSPS) is 10.9. The van der Waals surface area contributed by atoms with E-state index >= 15 is 0 Å². The highest BCUT2D eigenvalue weighted by atomic mass is 16.5. The molecule has 5 heteroatoms. The number of hydrogen-bond acceptors (Lipinski definition) is 4. The Morgan fingerprint density at radius 1 is 1.29 bits per heavy atom. The zero-order chi connectivity index (χ0) is 12.7. The first-order valence-corrected chi connectivity index (χ1v) is 5.76. The minimum absolute atomic E-state index is 0.575. The highest BCUT2D eigenvalue weighted by molar-refractivity contribution is 6.59. The molecule has 0 saturated carbocycles. The van der Waals surface area contributed by atoms with Crippen LogP contribution in [-0.2, 0) is 11.3 Å². The molecule has 0 fully saturated rings. The zero-order valence-corrected chi connectivity index (χ0v) is 10.5. The molecule has 0 aliphatic carbocycles. The molecule has 0 aliphatic rings. The molecule has 2 N–H and O–H groups in total. The number of rotatable bonds is 7. The van der Waals surface area contributed by atoms with Crippen LogP contribution >= 0.6 is 0 Å². The SMILES string of the molecule is COCCCN(C)Cc1ccccc1B(O)O. The van der Waals surface area contributed by atoms with E-state index in [1.54, 1.807) is 13.2 Å². The fraction of sp³-hybridized carbons (Fsp3) is 0.500. The molecule has 4 nitrogen and oxygen atoms in total. The largest absolute Gasteiger partial charge is 0.488 e. The summed E-state index contributed by atoms with van der Waals surface area (Å²) in [5.41, 5.74) is 1.52. The molecule has 0 amide bonds. The van der Waals surface area contributed by atoms with Crippen molar-refractivity contribution in [1.82, 2.24) is 4.90 Å². The second-order valence-electron chi connectivity index (χ2n) is 4.16. The highest BCUT2D eigenvalue weighted by Gasteiger charge is 2.15. The van der Waals surface area contributed by atoms with Gasteiger partial charge in [-0.15, -0.1) is 0 Å². The van der Waals surface area contributed by atoms with Gasteiger partial charge in [0.1, 0.15) is 0 Å². The van der Waals surface area contributed by atoms with Crippen LogP contribution in [0.2, 0.25) is 0 Å². The second kappa shape index (κ2) is 7.45. The molecule has 94 valence electrons. The third-order valence-corrected chi connectivity index (χ3v) is 2.66. The molecular weight excluding hydrogens is 217 g/mol. The van der Waals surface area contributed by atoms with E-state index in [1.807, 2.05) is 25.2 Å². The minimum atomic E-state index is -1.40. The Morgan fingerprint density at radius 3 is 2.65 bits per heavy atom. The number of methoxy groups -OCH3 is 1. The quantitative estimate of drug-likeness (QED) is 0.511. The smallest absolute Gasteiger partial charge is 0.423 e. The average Bonchev–Trinajstić information content (AvgIpc) is 2.29. The van der Waals surface area contributed by atoms with Gasteiger partial charge in [0.25, 0.3) is 0 Å². The summed E-state index contributed by atoms with van der Waals surface area (Å²) in [6.07, 6.45) is 0.969. The van der Waals surface area contributed by atoms with Crippen molar-refractivity contribution in [2.24, 2.45) is 0 Å². The summed E-state index contributed by atoms with van der Waals surface area (Å²) < 4.78 is 5.00. The maximum atomic E-state index is 9.25. The highest BCUT2D eigenvalue weighted by Crippen LogP contribution is 2.02. The Labute approximate surface area is 103 Å². The molecule has 0 saturated heterocycles. The van der Waals surface area contributed by atoms with E-state index in [9.17, 15) is 10.0 Å². The molecule has 0 spiro atoms. The van der Waals surface area contributed by atoms with Crippen molar-refractivity contribution >= 4 is 12.6 Å². The van der Waals surface area contributed by atoms with Crippen LogP contribution in [-0.4, -0.2) is 49.4 Å². The van der Waals surface area contributed by atoms with Gasteiger partial charge in [0.15, 0.2) is 0 Å². The van der Waals surface area contributed by atoms with Gasteiger partial charge >= 0.3 is 7.12 Å². The molecule has 0 unspecified atom stereocenters. The van der Waals surface area contributed by atoms with Gasteiger partial charge in [0, 0.05) is 26.8 Å². The van der Waals surface area contributed by atoms with E-state index in [4.69, 9.17) is 4.74 Å². The van der Waals surface area contributed by atoms with Crippen molar-refractivity contribution in [1.29, 1.82) is 0 Å². The van der Waals surface area contributed by atoms with Crippen molar-refractivity contribution in [3.63, 3.8) is 0 Å². The first-order valence-electron chi connectivity index (χ1n) is 5.76. The van der Waals surface area contributed by atoms with Crippen LogP contribution in [0.5, 0.6) is 0 Å². The topological polar surface area (TPSA) is 52.9 Å². The number of benzene rings is 1. The van der Waals surface area contributed by atoms with Crippen molar-refractivity contribution in [3.8, 4) is 0 Å². The van der Waals surface area contributed by atoms with Gasteiger partial charge in [-0.05, 0) is 24.5 Å². The molecule has 0 aromatic heterocycles. The van der Waals surface area contributed by atoms with Gasteiger partial charge in [0.05, 0.1) is 0 Å². The molecule has 1 aromatic rings. The number of hydrogen-bond donors (Lipinski definition) is 2. The van der Waals surface area contributed by atoms with Crippen molar-refractivity contribution in [2.45, 2.75) is 13.0 Å². The van der Waals surface area contributed by atoms with E-state index in [0.29, 0.717) is 12.0 Å². The molecule has 1 aromatic carbocycles. The zero-order valence-electron chi connectivity index (χ0n) is 10.5. The minimum Gasteiger partial charge on any atom is -0.423 e. The lowest BCUT2D eigenvalue weighted by Gasteiger charge is -2.18. The van der Waals surface area contributed by atoms with Crippen molar-refractivity contribution in [2.75, 3.05) is 27.3 Å². The standard InChI is InChI=1S/C12H20BNO3/c1-14(8-5-9-17-2)10-11-6-3-4-7-12(11)13(15)16/h3-4,6-7,15-16H,5,8-10H2,1-2H3. The van der Waals surface area contributed by atoms with Crippen LogP contribution in [0.3, 0.4) is 0 Å². The van der Waals surface area contributed by atoms with Crippen LogP contribution in [0.4, 0.5) is 0 Å². The summed E-state index contributed by atoms with van der Waals surface area (Å²) in [6.45, 7) is 2.37. The average molecular weight is 237 g/mol. The molecule has 0 aliphatic heterocycles. The van der Waals surface area contributed by atoms with E-state index < -0.39 is 7.12 Å². The van der Waals surface area contributed by atoms with Crippen molar-refractivity contribution < 1.29 is 14.8 Å². The number of nitrogens with zero attached hydrogens (tertiary/aromatic N) is 1. The van der Waals surface area contributed by atoms with Crippen LogP contribution < -0.4 is 5.46 Å². The van der Waals surface area contributed by atoms with Crippen molar-refractivity contribution in [3.05, 3.63) is 29.8 Å². The molecular formula is C12H20BNO3. The van der Waals surface area contributed by atoms with E-state index in [2.05, 4.69) is 4.90 Å². The second-order valence-corrected chi connectivity index (χ2v) is 4.16. The monoisotopic (exact) mass is 237 g/mol. The first-order chi connectivity index (χ1) is 8.15. The third kappa shape index (κ3) is 4.87. The summed E-state index contributed by atoms with van der Waals surface area (Å²) in [4.78, 5) is 2.14. The molecule has 0 bridgehead atoms. The summed E-state index contributed by atoms with van der Waals surface area (Å²) >= 11 is 0.